The smallest absolute Gasteiger partial charge is 0.242 e. The van der Waals surface area contributed by atoms with Crippen LogP contribution in [0.15, 0.2) is 24.3 Å². The van der Waals surface area contributed by atoms with Crippen molar-refractivity contribution in [2.75, 3.05) is 26.2 Å². The third-order valence-electron chi connectivity index (χ3n) is 3.81. The summed E-state index contributed by atoms with van der Waals surface area (Å²) >= 11 is 5.85. The number of amides is 2. The van der Waals surface area contributed by atoms with Gasteiger partial charge in [0.25, 0.3) is 0 Å². The number of nitrogens with zero attached hydrogens (tertiary/aromatic N) is 2. The molecule has 1 aromatic rings. The lowest BCUT2D eigenvalue weighted by Crippen LogP contribution is -2.41. The van der Waals surface area contributed by atoms with E-state index in [0.717, 1.165) is 37.9 Å². The van der Waals surface area contributed by atoms with Crippen LogP contribution in [0.2, 0.25) is 5.02 Å². The highest BCUT2D eigenvalue weighted by molar-refractivity contribution is 6.30. The Labute approximate surface area is 130 Å². The largest absolute Gasteiger partial charge is 0.341 e. The second-order valence-electron chi connectivity index (χ2n) is 5.40. The quantitative estimate of drug-likeness (QED) is 0.838. The van der Waals surface area contributed by atoms with Gasteiger partial charge in [-0.3, -0.25) is 9.59 Å². The molecule has 1 saturated heterocycles. The zero-order valence-electron chi connectivity index (χ0n) is 12.3. The Morgan fingerprint density at radius 2 is 1.81 bits per heavy atom. The number of rotatable bonds is 5. The number of hydrogen-bond acceptors (Lipinski definition) is 2. The summed E-state index contributed by atoms with van der Waals surface area (Å²) in [6.07, 6.45) is 2.86. The van der Waals surface area contributed by atoms with Gasteiger partial charge >= 0.3 is 0 Å². The van der Waals surface area contributed by atoms with E-state index in [0.29, 0.717) is 11.6 Å². The molecule has 21 heavy (non-hydrogen) atoms. The van der Waals surface area contributed by atoms with Crippen molar-refractivity contribution in [1.82, 2.24) is 9.80 Å². The first-order valence-corrected chi connectivity index (χ1v) is 7.72. The van der Waals surface area contributed by atoms with Gasteiger partial charge in [-0.1, -0.05) is 23.7 Å². The number of carbonyl (C=O) groups is 2. The van der Waals surface area contributed by atoms with Crippen LogP contribution in [0, 0.1) is 0 Å². The molecule has 1 aliphatic rings. The van der Waals surface area contributed by atoms with E-state index in [1.807, 2.05) is 29.2 Å². The maximum Gasteiger partial charge on any atom is 0.242 e. The van der Waals surface area contributed by atoms with E-state index in [2.05, 4.69) is 0 Å². The summed E-state index contributed by atoms with van der Waals surface area (Å²) in [7, 11) is 0. The standard InChI is InChI=1S/C16H21ClN2O2/c1-13(20)19(12-16(21)18-9-2-3-10-18)11-8-14-4-6-15(17)7-5-14/h4-7H,2-3,8-12H2,1H3. The molecule has 0 spiro atoms. The molecule has 1 aromatic carbocycles. The fourth-order valence-corrected chi connectivity index (χ4v) is 2.62. The molecule has 0 N–H and O–H groups in total. The van der Waals surface area contributed by atoms with Gasteiger partial charge in [0, 0.05) is 31.6 Å². The molecule has 0 bridgehead atoms. The van der Waals surface area contributed by atoms with Gasteiger partial charge < -0.3 is 9.80 Å². The van der Waals surface area contributed by atoms with Gasteiger partial charge in [0.15, 0.2) is 0 Å². The summed E-state index contributed by atoms with van der Waals surface area (Å²) in [5.41, 5.74) is 1.11. The normalized spacial score (nSPS) is 14.3. The first-order valence-electron chi connectivity index (χ1n) is 7.34. The molecule has 1 heterocycles. The van der Waals surface area contributed by atoms with E-state index >= 15 is 0 Å². The average molecular weight is 309 g/mol. The van der Waals surface area contributed by atoms with E-state index in [1.165, 1.54) is 6.92 Å². The first kappa shape index (κ1) is 15.8. The molecular weight excluding hydrogens is 288 g/mol. The van der Waals surface area contributed by atoms with E-state index in [-0.39, 0.29) is 18.4 Å². The first-order chi connectivity index (χ1) is 10.1. The predicted molar refractivity (Wildman–Crippen MR) is 83.2 cm³/mol. The lowest BCUT2D eigenvalue weighted by Gasteiger charge is -2.24. The molecule has 0 aliphatic carbocycles. The summed E-state index contributed by atoms with van der Waals surface area (Å²) in [5, 5.41) is 0.700. The zero-order valence-corrected chi connectivity index (χ0v) is 13.1. The van der Waals surface area contributed by atoms with Crippen LogP contribution in [-0.4, -0.2) is 47.8 Å². The molecule has 0 aromatic heterocycles. The maximum atomic E-state index is 12.1. The average Bonchev–Trinajstić information content (AvgIpc) is 2.99. The van der Waals surface area contributed by atoms with Crippen LogP contribution in [-0.2, 0) is 16.0 Å². The Hall–Kier alpha value is -1.55. The predicted octanol–water partition coefficient (Wildman–Crippen LogP) is 2.35. The second-order valence-corrected chi connectivity index (χ2v) is 5.84. The highest BCUT2D eigenvalue weighted by Crippen LogP contribution is 2.11. The second kappa shape index (κ2) is 7.46. The van der Waals surface area contributed by atoms with Gasteiger partial charge in [-0.2, -0.15) is 0 Å². The molecule has 0 saturated carbocycles. The monoisotopic (exact) mass is 308 g/mol. The molecular formula is C16H21ClN2O2. The summed E-state index contributed by atoms with van der Waals surface area (Å²) in [6.45, 7) is 3.89. The zero-order chi connectivity index (χ0) is 15.2. The van der Waals surface area contributed by atoms with E-state index < -0.39 is 0 Å². The van der Waals surface area contributed by atoms with Gasteiger partial charge in [0.2, 0.25) is 11.8 Å². The van der Waals surface area contributed by atoms with Gasteiger partial charge in [-0.15, -0.1) is 0 Å². The van der Waals surface area contributed by atoms with Crippen molar-refractivity contribution in [3.63, 3.8) is 0 Å². The van der Waals surface area contributed by atoms with Crippen LogP contribution >= 0.6 is 11.6 Å². The molecule has 5 heteroatoms. The van der Waals surface area contributed by atoms with Crippen LogP contribution < -0.4 is 0 Å². The van der Waals surface area contributed by atoms with Gasteiger partial charge in [0.1, 0.15) is 0 Å². The molecule has 114 valence electrons. The molecule has 2 amide bonds. The number of hydrogen-bond donors (Lipinski definition) is 0. The molecule has 1 fully saturated rings. The van der Waals surface area contributed by atoms with E-state index in [4.69, 9.17) is 11.6 Å². The Bertz CT molecular complexity index is 496. The Kier molecular flexibility index (Phi) is 5.62. The molecule has 4 nitrogen and oxygen atoms in total. The summed E-state index contributed by atoms with van der Waals surface area (Å²) in [5.74, 6) is -0.00434. The van der Waals surface area contributed by atoms with Gasteiger partial charge in [-0.25, -0.2) is 0 Å². The Morgan fingerprint density at radius 1 is 1.19 bits per heavy atom. The van der Waals surface area contributed by atoms with E-state index in [9.17, 15) is 9.59 Å². The molecule has 2 rings (SSSR count). The maximum absolute atomic E-state index is 12.1. The van der Waals surface area contributed by atoms with Gasteiger partial charge in [-0.05, 0) is 37.0 Å². The van der Waals surface area contributed by atoms with Crippen LogP contribution in [0.25, 0.3) is 0 Å². The Morgan fingerprint density at radius 3 is 2.38 bits per heavy atom. The van der Waals surface area contributed by atoms with Crippen molar-refractivity contribution < 1.29 is 9.59 Å². The summed E-state index contributed by atoms with van der Waals surface area (Å²) in [6, 6.07) is 7.57. The molecule has 0 unspecified atom stereocenters. The minimum atomic E-state index is -0.0588. The van der Waals surface area contributed by atoms with Crippen molar-refractivity contribution in [2.24, 2.45) is 0 Å². The minimum Gasteiger partial charge on any atom is -0.341 e. The van der Waals surface area contributed by atoms with Crippen molar-refractivity contribution in [3.8, 4) is 0 Å². The number of halogens is 1. The van der Waals surface area contributed by atoms with Crippen LogP contribution in [0.5, 0.6) is 0 Å². The minimum absolute atomic E-state index is 0.0545. The third-order valence-corrected chi connectivity index (χ3v) is 4.07. The highest BCUT2D eigenvalue weighted by Gasteiger charge is 2.21. The SMILES string of the molecule is CC(=O)N(CCc1ccc(Cl)cc1)CC(=O)N1CCCC1. The van der Waals surface area contributed by atoms with Crippen molar-refractivity contribution in [3.05, 3.63) is 34.9 Å². The molecule has 1 aliphatic heterocycles. The summed E-state index contributed by atoms with van der Waals surface area (Å²) < 4.78 is 0. The van der Waals surface area contributed by atoms with E-state index in [1.54, 1.807) is 4.90 Å². The van der Waals surface area contributed by atoms with Crippen molar-refractivity contribution in [1.29, 1.82) is 0 Å². The third kappa shape index (κ3) is 4.74. The lowest BCUT2D eigenvalue weighted by molar-refractivity contribution is -0.138. The van der Waals surface area contributed by atoms with Crippen LogP contribution in [0.1, 0.15) is 25.3 Å². The Balaban J connectivity index is 1.88. The van der Waals surface area contributed by atoms with Crippen molar-refractivity contribution >= 4 is 23.4 Å². The number of likely N-dealkylation sites (tertiary alicyclic amines) is 1. The van der Waals surface area contributed by atoms with Crippen LogP contribution in [0.3, 0.4) is 0 Å². The van der Waals surface area contributed by atoms with Crippen LogP contribution in [0.4, 0.5) is 0 Å². The highest BCUT2D eigenvalue weighted by atomic mass is 35.5. The molecule has 0 radical (unpaired) electrons. The topological polar surface area (TPSA) is 40.6 Å². The number of carbonyl (C=O) groups excluding carboxylic acids is 2. The number of benzene rings is 1. The van der Waals surface area contributed by atoms with Crippen molar-refractivity contribution in [2.45, 2.75) is 26.2 Å². The lowest BCUT2D eigenvalue weighted by atomic mass is 10.1. The fourth-order valence-electron chi connectivity index (χ4n) is 2.49. The summed E-state index contributed by atoms with van der Waals surface area (Å²) in [4.78, 5) is 27.3. The van der Waals surface area contributed by atoms with Gasteiger partial charge in [0.05, 0.1) is 6.54 Å². The fraction of sp³-hybridized carbons (Fsp3) is 0.500. The molecule has 0 atom stereocenters.